The van der Waals surface area contributed by atoms with E-state index in [1.807, 2.05) is 55.4 Å². The number of amides is 1. The van der Waals surface area contributed by atoms with Crippen molar-refractivity contribution in [3.63, 3.8) is 0 Å². The van der Waals surface area contributed by atoms with E-state index in [0.29, 0.717) is 5.69 Å². The maximum atomic E-state index is 12.5. The Morgan fingerprint density at radius 2 is 1.95 bits per heavy atom. The van der Waals surface area contributed by atoms with E-state index in [0.717, 1.165) is 11.4 Å². The molecule has 1 aromatic carbocycles. The SMILES string of the molecule is CN(C)c1ncccc1NC(=O)C(CN)c1ccccc1. The standard InChI is InChI=1S/C16H20N4O/c1-20(2)15-14(9-6-10-18-15)19-16(21)13(11-17)12-7-4-3-5-8-12/h3-10,13H,11,17H2,1-2H3,(H,19,21). The first-order valence-corrected chi connectivity index (χ1v) is 6.81. The maximum Gasteiger partial charge on any atom is 0.233 e. The van der Waals surface area contributed by atoms with Gasteiger partial charge in [-0.2, -0.15) is 0 Å². The summed E-state index contributed by atoms with van der Waals surface area (Å²) in [5, 5.41) is 2.92. The van der Waals surface area contributed by atoms with Gasteiger partial charge in [-0.15, -0.1) is 0 Å². The van der Waals surface area contributed by atoms with Crippen molar-refractivity contribution < 1.29 is 4.79 Å². The van der Waals surface area contributed by atoms with Crippen LogP contribution in [0.25, 0.3) is 0 Å². The molecule has 2 aromatic rings. The molecule has 0 spiro atoms. The van der Waals surface area contributed by atoms with Crippen LogP contribution in [-0.4, -0.2) is 31.5 Å². The number of hydrogen-bond acceptors (Lipinski definition) is 4. The predicted octanol–water partition coefficient (Wildman–Crippen LogP) is 1.83. The van der Waals surface area contributed by atoms with Crippen molar-refractivity contribution in [2.75, 3.05) is 30.9 Å². The number of aromatic nitrogens is 1. The quantitative estimate of drug-likeness (QED) is 0.878. The lowest BCUT2D eigenvalue weighted by Gasteiger charge is -2.19. The van der Waals surface area contributed by atoms with Gasteiger partial charge in [-0.25, -0.2) is 4.98 Å². The summed E-state index contributed by atoms with van der Waals surface area (Å²) in [7, 11) is 3.77. The van der Waals surface area contributed by atoms with Gasteiger partial charge in [0.15, 0.2) is 5.82 Å². The van der Waals surface area contributed by atoms with E-state index < -0.39 is 0 Å². The smallest absolute Gasteiger partial charge is 0.233 e. The summed E-state index contributed by atoms with van der Waals surface area (Å²) in [5.41, 5.74) is 7.36. The van der Waals surface area contributed by atoms with Crippen LogP contribution in [0.2, 0.25) is 0 Å². The number of rotatable bonds is 5. The molecule has 1 heterocycles. The molecule has 1 aromatic heterocycles. The number of carbonyl (C=O) groups is 1. The van der Waals surface area contributed by atoms with E-state index in [9.17, 15) is 4.79 Å². The average molecular weight is 284 g/mol. The van der Waals surface area contributed by atoms with Crippen molar-refractivity contribution in [1.29, 1.82) is 0 Å². The fourth-order valence-corrected chi connectivity index (χ4v) is 2.15. The number of carbonyl (C=O) groups excluding carboxylic acids is 1. The number of pyridine rings is 1. The summed E-state index contributed by atoms with van der Waals surface area (Å²) < 4.78 is 0. The monoisotopic (exact) mass is 284 g/mol. The molecule has 0 aliphatic carbocycles. The van der Waals surface area contributed by atoms with Crippen LogP contribution in [0.4, 0.5) is 11.5 Å². The molecule has 1 atom stereocenters. The summed E-state index contributed by atoms with van der Waals surface area (Å²) in [4.78, 5) is 18.6. The van der Waals surface area contributed by atoms with Crippen molar-refractivity contribution in [3.05, 3.63) is 54.2 Å². The Morgan fingerprint density at radius 3 is 2.57 bits per heavy atom. The summed E-state index contributed by atoms with van der Waals surface area (Å²) in [6.45, 7) is 0.257. The third kappa shape index (κ3) is 3.58. The molecule has 5 heteroatoms. The van der Waals surface area contributed by atoms with Crippen molar-refractivity contribution in [3.8, 4) is 0 Å². The van der Waals surface area contributed by atoms with Crippen LogP contribution in [0, 0.1) is 0 Å². The Kier molecular flexibility index (Phi) is 4.90. The molecule has 0 bridgehead atoms. The van der Waals surface area contributed by atoms with Crippen LogP contribution >= 0.6 is 0 Å². The molecule has 1 unspecified atom stereocenters. The lowest BCUT2D eigenvalue weighted by Crippen LogP contribution is -2.28. The minimum absolute atomic E-state index is 0.125. The van der Waals surface area contributed by atoms with Crippen LogP contribution in [0.15, 0.2) is 48.7 Å². The van der Waals surface area contributed by atoms with Crippen LogP contribution in [0.3, 0.4) is 0 Å². The van der Waals surface area contributed by atoms with Gasteiger partial charge in [0.05, 0.1) is 11.6 Å². The molecular formula is C16H20N4O. The van der Waals surface area contributed by atoms with Crippen LogP contribution in [0.5, 0.6) is 0 Å². The summed E-state index contributed by atoms with van der Waals surface area (Å²) in [6, 6.07) is 13.2. The van der Waals surface area contributed by atoms with Gasteiger partial charge in [0, 0.05) is 26.8 Å². The first kappa shape index (κ1) is 15.0. The Bertz CT molecular complexity index is 598. The molecule has 3 N–H and O–H groups in total. The minimum Gasteiger partial charge on any atom is -0.361 e. The number of nitrogens with zero attached hydrogens (tertiary/aromatic N) is 2. The number of hydrogen-bond donors (Lipinski definition) is 2. The average Bonchev–Trinajstić information content (AvgIpc) is 2.49. The molecule has 110 valence electrons. The zero-order valence-corrected chi connectivity index (χ0v) is 12.3. The number of benzene rings is 1. The molecule has 0 aliphatic rings. The Balaban J connectivity index is 2.21. The van der Waals surface area contributed by atoms with Crippen molar-refractivity contribution in [2.24, 2.45) is 5.73 Å². The zero-order chi connectivity index (χ0) is 15.2. The van der Waals surface area contributed by atoms with Crippen molar-refractivity contribution >= 4 is 17.4 Å². The van der Waals surface area contributed by atoms with E-state index in [-0.39, 0.29) is 18.4 Å². The zero-order valence-electron chi connectivity index (χ0n) is 12.3. The summed E-state index contributed by atoms with van der Waals surface area (Å²) in [5.74, 6) is 0.218. The molecule has 0 radical (unpaired) electrons. The molecule has 0 fully saturated rings. The number of anilines is 2. The predicted molar refractivity (Wildman–Crippen MR) is 85.4 cm³/mol. The highest BCUT2D eigenvalue weighted by molar-refractivity contribution is 5.98. The fraction of sp³-hybridized carbons (Fsp3) is 0.250. The normalized spacial score (nSPS) is 11.8. The molecule has 1 amide bonds. The van der Waals surface area contributed by atoms with Crippen LogP contribution in [-0.2, 0) is 4.79 Å². The van der Waals surface area contributed by atoms with Gasteiger partial charge in [-0.05, 0) is 17.7 Å². The third-order valence-corrected chi connectivity index (χ3v) is 3.22. The topological polar surface area (TPSA) is 71.2 Å². The van der Waals surface area contributed by atoms with Gasteiger partial charge in [0.1, 0.15) is 0 Å². The molecule has 0 aliphatic heterocycles. The van der Waals surface area contributed by atoms with Gasteiger partial charge in [-0.3, -0.25) is 4.79 Å². The second kappa shape index (κ2) is 6.85. The van der Waals surface area contributed by atoms with Crippen molar-refractivity contribution in [1.82, 2.24) is 4.98 Å². The first-order valence-electron chi connectivity index (χ1n) is 6.81. The molecule has 0 saturated carbocycles. The number of nitrogens with one attached hydrogen (secondary N) is 1. The van der Waals surface area contributed by atoms with Gasteiger partial charge in [-0.1, -0.05) is 30.3 Å². The van der Waals surface area contributed by atoms with E-state index in [2.05, 4.69) is 10.3 Å². The van der Waals surface area contributed by atoms with Crippen LogP contribution in [0.1, 0.15) is 11.5 Å². The first-order chi connectivity index (χ1) is 10.1. The van der Waals surface area contributed by atoms with Crippen molar-refractivity contribution in [2.45, 2.75) is 5.92 Å². The van der Waals surface area contributed by atoms with Gasteiger partial charge in [0.2, 0.25) is 5.91 Å². The van der Waals surface area contributed by atoms with Crippen LogP contribution < -0.4 is 16.0 Å². The van der Waals surface area contributed by atoms with E-state index >= 15 is 0 Å². The highest BCUT2D eigenvalue weighted by Crippen LogP contribution is 2.23. The molecule has 2 rings (SSSR count). The molecule has 21 heavy (non-hydrogen) atoms. The minimum atomic E-state index is -0.374. The lowest BCUT2D eigenvalue weighted by molar-refractivity contribution is -0.117. The van der Waals surface area contributed by atoms with Gasteiger partial charge < -0.3 is 16.0 Å². The fourth-order valence-electron chi connectivity index (χ4n) is 2.15. The second-order valence-electron chi connectivity index (χ2n) is 4.96. The molecule has 5 nitrogen and oxygen atoms in total. The van der Waals surface area contributed by atoms with E-state index in [1.165, 1.54) is 0 Å². The third-order valence-electron chi connectivity index (χ3n) is 3.22. The summed E-state index contributed by atoms with van der Waals surface area (Å²) in [6.07, 6.45) is 1.70. The number of nitrogens with two attached hydrogens (primary N) is 1. The summed E-state index contributed by atoms with van der Waals surface area (Å²) >= 11 is 0. The second-order valence-corrected chi connectivity index (χ2v) is 4.96. The van der Waals surface area contributed by atoms with E-state index in [1.54, 1.807) is 12.3 Å². The highest BCUT2D eigenvalue weighted by atomic mass is 16.1. The van der Waals surface area contributed by atoms with Gasteiger partial charge >= 0.3 is 0 Å². The Morgan fingerprint density at radius 1 is 1.24 bits per heavy atom. The lowest BCUT2D eigenvalue weighted by atomic mass is 9.98. The highest BCUT2D eigenvalue weighted by Gasteiger charge is 2.20. The molecule has 0 saturated heterocycles. The Labute approximate surface area is 124 Å². The Hall–Kier alpha value is -2.40. The largest absolute Gasteiger partial charge is 0.361 e. The maximum absolute atomic E-state index is 12.5. The van der Waals surface area contributed by atoms with Gasteiger partial charge in [0.25, 0.3) is 0 Å². The molecular weight excluding hydrogens is 264 g/mol. The van der Waals surface area contributed by atoms with E-state index in [4.69, 9.17) is 5.73 Å².